The molecule has 0 unspecified atom stereocenters. The second-order valence-corrected chi connectivity index (χ2v) is 3.84. The van der Waals surface area contributed by atoms with E-state index in [4.69, 9.17) is 4.52 Å². The molecule has 0 atom stereocenters. The third-order valence-corrected chi connectivity index (χ3v) is 2.59. The average Bonchev–Trinajstić information content (AvgIpc) is 2.64. The van der Waals surface area contributed by atoms with Crippen LogP contribution >= 0.6 is 0 Å². The summed E-state index contributed by atoms with van der Waals surface area (Å²) in [4.78, 5) is 11.8. The van der Waals surface area contributed by atoms with Gasteiger partial charge in [-0.3, -0.25) is 10.1 Å². The van der Waals surface area contributed by atoms with E-state index < -0.39 is 11.7 Å². The third kappa shape index (κ3) is 2.17. The molecule has 1 aromatic carbocycles. The minimum absolute atomic E-state index is 0.163. The van der Waals surface area contributed by atoms with Crippen molar-refractivity contribution in [2.24, 2.45) is 0 Å². The third-order valence-electron chi connectivity index (χ3n) is 2.59. The zero-order valence-electron chi connectivity index (χ0n) is 9.82. The highest BCUT2D eigenvalue weighted by atomic mass is 19.1. The van der Waals surface area contributed by atoms with Gasteiger partial charge in [0, 0.05) is 5.56 Å². The Kier molecular flexibility index (Phi) is 3.01. The molecule has 6 heteroatoms. The molecule has 0 bridgehead atoms. The highest BCUT2D eigenvalue weighted by Gasteiger charge is 2.16. The van der Waals surface area contributed by atoms with Crippen molar-refractivity contribution in [3.8, 4) is 5.75 Å². The lowest BCUT2D eigenvalue weighted by Crippen LogP contribution is -2.12. The van der Waals surface area contributed by atoms with Gasteiger partial charge in [0.2, 0.25) is 5.88 Å². The molecule has 2 aromatic rings. The van der Waals surface area contributed by atoms with E-state index in [1.54, 1.807) is 13.8 Å². The Morgan fingerprint density at radius 2 is 2.17 bits per heavy atom. The Labute approximate surface area is 102 Å². The van der Waals surface area contributed by atoms with Crippen LogP contribution in [-0.4, -0.2) is 16.2 Å². The quantitative estimate of drug-likeness (QED) is 0.858. The van der Waals surface area contributed by atoms with E-state index in [1.165, 1.54) is 0 Å². The maximum atomic E-state index is 13.0. The van der Waals surface area contributed by atoms with Crippen LogP contribution in [0.4, 0.5) is 10.3 Å². The molecule has 0 aliphatic rings. The number of rotatable bonds is 2. The Morgan fingerprint density at radius 3 is 2.78 bits per heavy atom. The van der Waals surface area contributed by atoms with Crippen LogP contribution in [0.1, 0.15) is 21.6 Å². The molecule has 5 nitrogen and oxygen atoms in total. The zero-order chi connectivity index (χ0) is 13.3. The molecule has 2 rings (SSSR count). The number of nitrogens with one attached hydrogen (secondary N) is 1. The van der Waals surface area contributed by atoms with E-state index in [0.717, 1.165) is 18.2 Å². The molecule has 0 fully saturated rings. The first-order valence-corrected chi connectivity index (χ1v) is 5.22. The molecule has 0 radical (unpaired) electrons. The number of hydrogen-bond donors (Lipinski definition) is 2. The summed E-state index contributed by atoms with van der Waals surface area (Å²) in [6, 6.07) is 3.13. The van der Waals surface area contributed by atoms with Gasteiger partial charge in [0.25, 0.3) is 5.91 Å². The molecule has 1 heterocycles. The smallest absolute Gasteiger partial charge is 0.261 e. The second kappa shape index (κ2) is 4.48. The molecule has 2 N–H and O–H groups in total. The summed E-state index contributed by atoms with van der Waals surface area (Å²) in [6.07, 6.45) is 0. The number of nitrogens with zero attached hydrogens (tertiary/aromatic N) is 1. The lowest BCUT2D eigenvalue weighted by atomic mass is 10.2. The van der Waals surface area contributed by atoms with Gasteiger partial charge in [-0.1, -0.05) is 5.16 Å². The molecule has 18 heavy (non-hydrogen) atoms. The van der Waals surface area contributed by atoms with E-state index in [1.807, 2.05) is 0 Å². The first kappa shape index (κ1) is 12.1. The van der Waals surface area contributed by atoms with E-state index in [2.05, 4.69) is 10.5 Å². The summed E-state index contributed by atoms with van der Waals surface area (Å²) >= 11 is 0. The maximum Gasteiger partial charge on any atom is 0.261 e. The molecule has 0 spiro atoms. The van der Waals surface area contributed by atoms with Gasteiger partial charge in [-0.15, -0.1) is 0 Å². The van der Waals surface area contributed by atoms with Crippen LogP contribution in [0.3, 0.4) is 0 Å². The van der Waals surface area contributed by atoms with Gasteiger partial charge in [0.15, 0.2) is 0 Å². The second-order valence-electron chi connectivity index (χ2n) is 3.84. The van der Waals surface area contributed by atoms with Gasteiger partial charge in [0.05, 0.1) is 11.3 Å². The minimum Gasteiger partial charge on any atom is -0.507 e. The number of halogens is 1. The van der Waals surface area contributed by atoms with Crippen molar-refractivity contribution in [3.63, 3.8) is 0 Å². The largest absolute Gasteiger partial charge is 0.507 e. The fourth-order valence-electron chi connectivity index (χ4n) is 1.39. The number of aryl methyl sites for hydroxylation is 1. The number of carbonyl (C=O) groups is 1. The molecular weight excluding hydrogens is 239 g/mol. The van der Waals surface area contributed by atoms with Gasteiger partial charge in [0.1, 0.15) is 11.6 Å². The maximum absolute atomic E-state index is 13.0. The SMILES string of the molecule is Cc1noc(NC(=O)c2cc(F)ccc2O)c1C. The summed E-state index contributed by atoms with van der Waals surface area (Å²) in [5, 5.41) is 15.6. The van der Waals surface area contributed by atoms with E-state index in [0.29, 0.717) is 11.3 Å². The number of amides is 1. The number of carbonyl (C=O) groups excluding carboxylic acids is 1. The minimum atomic E-state index is -0.661. The summed E-state index contributed by atoms with van der Waals surface area (Å²) in [7, 11) is 0. The van der Waals surface area contributed by atoms with Crippen molar-refractivity contribution in [2.75, 3.05) is 5.32 Å². The summed E-state index contributed by atoms with van der Waals surface area (Å²) in [5.74, 6) is -1.39. The first-order chi connectivity index (χ1) is 8.49. The van der Waals surface area contributed by atoms with Crippen molar-refractivity contribution in [1.29, 1.82) is 0 Å². The van der Waals surface area contributed by atoms with Crippen molar-refractivity contribution in [2.45, 2.75) is 13.8 Å². The van der Waals surface area contributed by atoms with Crippen LogP contribution < -0.4 is 5.32 Å². The Bertz CT molecular complexity index is 607. The number of phenolic OH excluding ortho intramolecular Hbond substituents is 1. The fraction of sp³-hybridized carbons (Fsp3) is 0.167. The fourth-order valence-corrected chi connectivity index (χ4v) is 1.39. The zero-order valence-corrected chi connectivity index (χ0v) is 9.82. The molecule has 0 saturated heterocycles. The van der Waals surface area contributed by atoms with E-state index in [-0.39, 0.29) is 17.2 Å². The van der Waals surface area contributed by atoms with Crippen molar-refractivity contribution < 1.29 is 18.8 Å². The molecule has 0 aliphatic carbocycles. The highest BCUT2D eigenvalue weighted by Crippen LogP contribution is 2.22. The van der Waals surface area contributed by atoms with Gasteiger partial charge in [-0.25, -0.2) is 4.39 Å². The predicted octanol–water partition coefficient (Wildman–Crippen LogP) is 2.39. The topological polar surface area (TPSA) is 75.4 Å². The van der Waals surface area contributed by atoms with Crippen LogP contribution in [0.2, 0.25) is 0 Å². The van der Waals surface area contributed by atoms with Gasteiger partial charge >= 0.3 is 0 Å². The van der Waals surface area contributed by atoms with Crippen LogP contribution in [0.15, 0.2) is 22.7 Å². The number of aromatic hydroxyl groups is 1. The van der Waals surface area contributed by atoms with Crippen LogP contribution in [0.5, 0.6) is 5.75 Å². The Balaban J connectivity index is 2.27. The summed E-state index contributed by atoms with van der Waals surface area (Å²) in [6.45, 7) is 3.46. The Morgan fingerprint density at radius 1 is 1.44 bits per heavy atom. The van der Waals surface area contributed by atoms with Gasteiger partial charge < -0.3 is 9.63 Å². The van der Waals surface area contributed by atoms with Crippen LogP contribution in [0, 0.1) is 19.7 Å². The van der Waals surface area contributed by atoms with Crippen LogP contribution in [-0.2, 0) is 0 Å². The molecule has 0 aliphatic heterocycles. The highest BCUT2D eigenvalue weighted by molar-refractivity contribution is 6.05. The molecular formula is C12H11FN2O3. The number of benzene rings is 1. The summed E-state index contributed by atoms with van der Waals surface area (Å²) in [5.41, 5.74) is 1.16. The van der Waals surface area contributed by atoms with Crippen molar-refractivity contribution >= 4 is 11.8 Å². The molecule has 94 valence electrons. The average molecular weight is 250 g/mol. The number of hydrogen-bond acceptors (Lipinski definition) is 4. The Hall–Kier alpha value is -2.37. The van der Waals surface area contributed by atoms with E-state index >= 15 is 0 Å². The number of phenols is 1. The lowest BCUT2D eigenvalue weighted by Gasteiger charge is -2.04. The molecule has 1 aromatic heterocycles. The monoisotopic (exact) mass is 250 g/mol. The summed E-state index contributed by atoms with van der Waals surface area (Å²) < 4.78 is 17.9. The predicted molar refractivity (Wildman–Crippen MR) is 62.0 cm³/mol. The number of aromatic nitrogens is 1. The van der Waals surface area contributed by atoms with Crippen molar-refractivity contribution in [1.82, 2.24) is 5.16 Å². The van der Waals surface area contributed by atoms with Gasteiger partial charge in [-0.2, -0.15) is 0 Å². The van der Waals surface area contributed by atoms with Crippen LogP contribution in [0.25, 0.3) is 0 Å². The number of anilines is 1. The lowest BCUT2D eigenvalue weighted by molar-refractivity contribution is 0.102. The molecule has 0 saturated carbocycles. The van der Waals surface area contributed by atoms with E-state index in [9.17, 15) is 14.3 Å². The normalized spacial score (nSPS) is 10.4. The molecule has 1 amide bonds. The standard InChI is InChI=1S/C12H11FN2O3/c1-6-7(2)15-18-12(6)14-11(17)9-5-8(13)3-4-10(9)16/h3-5,16H,1-2H3,(H,14,17). The van der Waals surface area contributed by atoms with Crippen molar-refractivity contribution in [3.05, 3.63) is 40.8 Å². The first-order valence-electron chi connectivity index (χ1n) is 5.22. The van der Waals surface area contributed by atoms with Gasteiger partial charge in [-0.05, 0) is 32.0 Å².